The van der Waals surface area contributed by atoms with Crippen LogP contribution in [0.3, 0.4) is 0 Å². The Labute approximate surface area is 121 Å². The molecule has 0 saturated heterocycles. The van der Waals surface area contributed by atoms with E-state index in [-0.39, 0.29) is 16.6 Å². The first-order valence-corrected chi connectivity index (χ1v) is 7.38. The number of nitro groups is 1. The summed E-state index contributed by atoms with van der Waals surface area (Å²) in [5, 5.41) is 22.3. The molecule has 0 unspecified atom stereocenters. The molecule has 0 spiro atoms. The molecular weight excluding hydrogens is 302 g/mol. The van der Waals surface area contributed by atoms with Crippen LogP contribution in [0.2, 0.25) is 0 Å². The highest BCUT2D eigenvalue weighted by molar-refractivity contribution is 7.89. The molecule has 116 valence electrons. The number of carboxylic acids is 1. The summed E-state index contributed by atoms with van der Waals surface area (Å²) in [6, 6.07) is 3.25. The Morgan fingerprint density at radius 3 is 2.52 bits per heavy atom. The van der Waals surface area contributed by atoms with Crippen LogP contribution < -0.4 is 10.0 Å². The van der Waals surface area contributed by atoms with Crippen LogP contribution in [0.1, 0.15) is 13.8 Å². The molecule has 3 N–H and O–H groups in total. The van der Waals surface area contributed by atoms with Gasteiger partial charge in [0.2, 0.25) is 10.0 Å². The SMILES string of the molecule is CC(C)Nc1ccc(S(=O)(=O)NCC(=O)O)cc1[N+](=O)[O-]. The quantitative estimate of drug-likeness (QED) is 0.498. The number of anilines is 1. The summed E-state index contributed by atoms with van der Waals surface area (Å²) in [5.41, 5.74) is -0.214. The lowest BCUT2D eigenvalue weighted by Crippen LogP contribution is -2.29. The minimum Gasteiger partial charge on any atom is -0.480 e. The number of hydrogen-bond acceptors (Lipinski definition) is 6. The Kier molecular flexibility index (Phi) is 5.22. The molecule has 0 aliphatic heterocycles. The number of carboxylic acid groups (broad SMARTS) is 1. The fraction of sp³-hybridized carbons (Fsp3) is 0.364. The maximum atomic E-state index is 11.8. The third-order valence-electron chi connectivity index (χ3n) is 2.33. The maximum Gasteiger partial charge on any atom is 0.318 e. The Hall–Kier alpha value is -2.20. The number of hydrogen-bond donors (Lipinski definition) is 3. The molecule has 0 saturated carbocycles. The molecule has 0 heterocycles. The summed E-state index contributed by atoms with van der Waals surface area (Å²) in [6.45, 7) is 2.76. The van der Waals surface area contributed by atoms with E-state index in [0.717, 1.165) is 6.07 Å². The highest BCUT2D eigenvalue weighted by Gasteiger charge is 2.22. The Bertz CT molecular complexity index is 656. The second-order valence-corrected chi connectivity index (χ2v) is 6.22. The minimum atomic E-state index is -4.12. The lowest BCUT2D eigenvalue weighted by Gasteiger charge is -2.11. The van der Waals surface area contributed by atoms with Crippen molar-refractivity contribution in [1.82, 2.24) is 4.72 Å². The zero-order chi connectivity index (χ0) is 16.2. The van der Waals surface area contributed by atoms with Crippen molar-refractivity contribution in [2.45, 2.75) is 24.8 Å². The number of benzene rings is 1. The van der Waals surface area contributed by atoms with Gasteiger partial charge in [-0.3, -0.25) is 14.9 Å². The molecule has 1 aromatic rings. The summed E-state index contributed by atoms with van der Waals surface area (Å²) in [5.74, 6) is -1.36. The van der Waals surface area contributed by atoms with Crippen molar-refractivity contribution in [2.24, 2.45) is 0 Å². The molecule has 9 nitrogen and oxygen atoms in total. The second kappa shape index (κ2) is 6.50. The number of nitro benzene ring substituents is 1. The van der Waals surface area contributed by atoms with Gasteiger partial charge in [-0.15, -0.1) is 0 Å². The van der Waals surface area contributed by atoms with Gasteiger partial charge >= 0.3 is 5.97 Å². The second-order valence-electron chi connectivity index (χ2n) is 4.45. The smallest absolute Gasteiger partial charge is 0.318 e. The fourth-order valence-corrected chi connectivity index (χ4v) is 2.50. The van der Waals surface area contributed by atoms with E-state index in [1.165, 1.54) is 12.1 Å². The van der Waals surface area contributed by atoms with Gasteiger partial charge < -0.3 is 10.4 Å². The van der Waals surface area contributed by atoms with Gasteiger partial charge in [-0.2, -0.15) is 4.72 Å². The van der Waals surface area contributed by atoms with Crippen LogP contribution >= 0.6 is 0 Å². The van der Waals surface area contributed by atoms with Crippen LogP contribution in [0.25, 0.3) is 0 Å². The number of nitrogens with zero attached hydrogens (tertiary/aromatic N) is 1. The van der Waals surface area contributed by atoms with Crippen molar-refractivity contribution < 1.29 is 23.2 Å². The van der Waals surface area contributed by atoms with Crippen molar-refractivity contribution in [1.29, 1.82) is 0 Å². The summed E-state index contributed by atoms with van der Waals surface area (Å²) >= 11 is 0. The number of nitrogens with one attached hydrogen (secondary N) is 2. The molecule has 1 aromatic carbocycles. The molecule has 1 rings (SSSR count). The molecule has 0 aromatic heterocycles. The summed E-state index contributed by atoms with van der Waals surface area (Å²) < 4.78 is 25.5. The van der Waals surface area contributed by atoms with Crippen molar-refractivity contribution in [3.05, 3.63) is 28.3 Å². The summed E-state index contributed by atoms with van der Waals surface area (Å²) in [7, 11) is -4.12. The van der Waals surface area contributed by atoms with Crippen LogP contribution in [0.5, 0.6) is 0 Å². The monoisotopic (exact) mass is 317 g/mol. The predicted molar refractivity (Wildman–Crippen MR) is 74.7 cm³/mol. The molecule has 0 fully saturated rings. The Morgan fingerprint density at radius 2 is 2.05 bits per heavy atom. The number of carbonyl (C=O) groups is 1. The zero-order valence-corrected chi connectivity index (χ0v) is 12.2. The Balaban J connectivity index is 3.19. The van der Waals surface area contributed by atoms with Crippen molar-refractivity contribution >= 4 is 27.4 Å². The third kappa shape index (κ3) is 4.68. The van der Waals surface area contributed by atoms with E-state index >= 15 is 0 Å². The molecule has 0 bridgehead atoms. The van der Waals surface area contributed by atoms with Crippen LogP contribution in [-0.2, 0) is 14.8 Å². The lowest BCUT2D eigenvalue weighted by atomic mass is 10.2. The van der Waals surface area contributed by atoms with E-state index < -0.39 is 33.1 Å². The molecule has 0 aliphatic rings. The first-order valence-electron chi connectivity index (χ1n) is 5.90. The summed E-state index contributed by atoms with van der Waals surface area (Å²) in [6.07, 6.45) is 0. The number of rotatable bonds is 7. The predicted octanol–water partition coefficient (Wildman–Crippen LogP) is 0.778. The average molecular weight is 317 g/mol. The van der Waals surface area contributed by atoms with E-state index in [4.69, 9.17) is 5.11 Å². The molecule has 21 heavy (non-hydrogen) atoms. The molecule has 0 radical (unpaired) electrons. The maximum absolute atomic E-state index is 11.8. The standard InChI is InChI=1S/C11H15N3O6S/c1-7(2)13-9-4-3-8(5-10(9)14(17)18)21(19,20)12-6-11(15)16/h3-5,7,12-13H,6H2,1-2H3,(H,15,16). The van der Waals surface area contributed by atoms with Gasteiger partial charge in [-0.05, 0) is 26.0 Å². The van der Waals surface area contributed by atoms with Crippen LogP contribution in [0.4, 0.5) is 11.4 Å². The van der Waals surface area contributed by atoms with Gasteiger partial charge in [0.25, 0.3) is 5.69 Å². The largest absolute Gasteiger partial charge is 0.480 e. The van der Waals surface area contributed by atoms with E-state index in [1.54, 1.807) is 13.8 Å². The number of sulfonamides is 1. The van der Waals surface area contributed by atoms with Gasteiger partial charge in [-0.25, -0.2) is 8.42 Å². The summed E-state index contributed by atoms with van der Waals surface area (Å²) in [4.78, 5) is 20.3. The van der Waals surface area contributed by atoms with Crippen LogP contribution in [-0.4, -0.2) is 37.0 Å². The topological polar surface area (TPSA) is 139 Å². The van der Waals surface area contributed by atoms with E-state index in [1.807, 2.05) is 4.72 Å². The zero-order valence-electron chi connectivity index (χ0n) is 11.4. The fourth-order valence-electron chi connectivity index (χ4n) is 1.50. The number of aliphatic carboxylic acids is 1. The van der Waals surface area contributed by atoms with Gasteiger partial charge in [0.05, 0.1) is 9.82 Å². The van der Waals surface area contributed by atoms with Crippen LogP contribution in [0.15, 0.2) is 23.1 Å². The molecule has 0 amide bonds. The average Bonchev–Trinajstić information content (AvgIpc) is 2.35. The van der Waals surface area contributed by atoms with Gasteiger partial charge in [0, 0.05) is 12.1 Å². The Morgan fingerprint density at radius 1 is 1.43 bits per heavy atom. The first kappa shape index (κ1) is 16.9. The van der Waals surface area contributed by atoms with Crippen molar-refractivity contribution in [3.63, 3.8) is 0 Å². The molecule has 10 heteroatoms. The van der Waals surface area contributed by atoms with E-state index in [2.05, 4.69) is 5.32 Å². The van der Waals surface area contributed by atoms with E-state index in [9.17, 15) is 23.3 Å². The molecule has 0 aliphatic carbocycles. The normalized spacial score (nSPS) is 11.4. The highest BCUT2D eigenvalue weighted by Crippen LogP contribution is 2.28. The highest BCUT2D eigenvalue weighted by atomic mass is 32.2. The van der Waals surface area contributed by atoms with E-state index in [0.29, 0.717) is 0 Å². The lowest BCUT2D eigenvalue weighted by molar-refractivity contribution is -0.384. The van der Waals surface area contributed by atoms with Crippen molar-refractivity contribution in [3.8, 4) is 0 Å². The van der Waals surface area contributed by atoms with Gasteiger partial charge in [-0.1, -0.05) is 0 Å². The van der Waals surface area contributed by atoms with Crippen molar-refractivity contribution in [2.75, 3.05) is 11.9 Å². The first-order chi connectivity index (χ1) is 9.63. The minimum absolute atomic E-state index is 0.0729. The molecule has 0 atom stereocenters. The third-order valence-corrected chi connectivity index (χ3v) is 3.73. The van der Waals surface area contributed by atoms with Crippen LogP contribution in [0, 0.1) is 10.1 Å². The van der Waals surface area contributed by atoms with Gasteiger partial charge in [0.1, 0.15) is 12.2 Å². The van der Waals surface area contributed by atoms with Gasteiger partial charge in [0.15, 0.2) is 0 Å². The molecular formula is C11H15N3O6S.